The number of aromatic nitrogens is 1. The Bertz CT molecular complexity index is 655. The molecule has 0 amide bonds. The third kappa shape index (κ3) is 3.92. The minimum atomic E-state index is -1.52. The van der Waals surface area contributed by atoms with Crippen LogP contribution in [0.4, 0.5) is 5.69 Å². The third-order valence-electron chi connectivity index (χ3n) is 5.91. The Morgan fingerprint density at radius 1 is 1.07 bits per heavy atom. The molecule has 3 N–H and O–H groups in total. The third-order valence-corrected chi connectivity index (χ3v) is 5.91. The Hall–Kier alpha value is -1.41. The topological polar surface area (TPSA) is 99.8 Å². The van der Waals surface area contributed by atoms with Gasteiger partial charge in [0.25, 0.3) is 0 Å². The Morgan fingerprint density at radius 2 is 1.63 bits per heavy atom. The highest BCUT2D eigenvalue weighted by atomic mass is 35.5. The summed E-state index contributed by atoms with van der Waals surface area (Å²) in [6, 6.07) is 3.92. The molecule has 2 aliphatic rings. The minimum Gasteiger partial charge on any atom is -0.480 e. The fourth-order valence-corrected chi connectivity index (χ4v) is 4.55. The van der Waals surface area contributed by atoms with Gasteiger partial charge < -0.3 is 15.7 Å². The Morgan fingerprint density at radius 3 is 2.15 bits per heavy atom. The Labute approximate surface area is 172 Å². The van der Waals surface area contributed by atoms with Crippen LogP contribution < -0.4 is 10.6 Å². The lowest BCUT2D eigenvalue weighted by Crippen LogP contribution is -2.77. The first-order chi connectivity index (χ1) is 11.9. The maximum atomic E-state index is 12.7. The van der Waals surface area contributed by atoms with Gasteiger partial charge in [0.15, 0.2) is 5.78 Å². The summed E-state index contributed by atoms with van der Waals surface area (Å²) in [6.45, 7) is 4.19. The number of pyridine rings is 1. The molecule has 1 saturated heterocycles. The number of aliphatic carboxylic acids is 1. The predicted octanol–water partition coefficient (Wildman–Crippen LogP) is 1.73. The molecule has 3 rings (SSSR count). The number of carboxylic acid groups (broad SMARTS) is 1. The number of anilines is 1. The largest absolute Gasteiger partial charge is 0.480 e. The summed E-state index contributed by atoms with van der Waals surface area (Å²) >= 11 is 0. The fraction of sp³-hybridized carbons (Fsp3) is 0.611. The first-order valence-electron chi connectivity index (χ1n) is 8.85. The van der Waals surface area contributed by atoms with Gasteiger partial charge in [-0.25, -0.2) is 0 Å². The maximum Gasteiger partial charge on any atom is 0.326 e. The highest BCUT2D eigenvalue weighted by Crippen LogP contribution is 2.42. The summed E-state index contributed by atoms with van der Waals surface area (Å²) in [5.74, 6) is -1.20. The van der Waals surface area contributed by atoms with Crippen molar-refractivity contribution in [2.75, 3.05) is 31.1 Å². The molecule has 0 bridgehead atoms. The molecule has 1 aromatic heterocycles. The van der Waals surface area contributed by atoms with Crippen LogP contribution in [0.15, 0.2) is 24.5 Å². The van der Waals surface area contributed by atoms with E-state index in [0.717, 1.165) is 31.6 Å². The van der Waals surface area contributed by atoms with Gasteiger partial charge in [-0.05, 0) is 31.9 Å². The summed E-state index contributed by atoms with van der Waals surface area (Å²) < 4.78 is 0. The number of halogens is 2. The average molecular weight is 419 g/mol. The highest BCUT2D eigenvalue weighted by molar-refractivity contribution is 5.96. The molecule has 27 heavy (non-hydrogen) atoms. The van der Waals surface area contributed by atoms with E-state index in [1.807, 2.05) is 17.0 Å². The van der Waals surface area contributed by atoms with E-state index in [1.54, 1.807) is 12.4 Å². The molecule has 1 saturated carbocycles. The van der Waals surface area contributed by atoms with Crippen molar-refractivity contribution in [1.82, 2.24) is 9.88 Å². The van der Waals surface area contributed by atoms with Crippen molar-refractivity contribution in [2.24, 2.45) is 5.73 Å². The van der Waals surface area contributed by atoms with Crippen LogP contribution in [-0.4, -0.2) is 64.0 Å². The lowest BCUT2D eigenvalue weighted by Gasteiger charge is -2.55. The zero-order valence-electron chi connectivity index (χ0n) is 15.5. The molecule has 2 heterocycles. The maximum absolute atomic E-state index is 12.7. The molecule has 9 heteroatoms. The summed E-state index contributed by atoms with van der Waals surface area (Å²) in [4.78, 5) is 33.0. The van der Waals surface area contributed by atoms with Crippen LogP contribution in [0.2, 0.25) is 0 Å². The second-order valence-corrected chi connectivity index (χ2v) is 7.08. The van der Waals surface area contributed by atoms with Gasteiger partial charge in [0.2, 0.25) is 0 Å². The number of carbonyl (C=O) groups excluding carboxylic acids is 1. The van der Waals surface area contributed by atoms with E-state index < -0.39 is 17.0 Å². The number of nitrogens with zero attached hydrogens (tertiary/aromatic N) is 3. The van der Waals surface area contributed by atoms with Gasteiger partial charge >= 0.3 is 5.97 Å². The number of Topliss-reactive ketones (excluding diaryl/α,β-unsaturated/α-hetero) is 1. The summed E-state index contributed by atoms with van der Waals surface area (Å²) in [5, 5.41) is 9.82. The standard InChI is InChI=1S/C18H26N4O3.2ClH/c1-14(23)18(7-3-2-6-17(18,19)16(24)25)22-12-10-21(11-13-22)15-4-8-20-9-5-15;;/h4-5,8-9H,2-3,6-7,10-13,19H2,1H3,(H,24,25);2*1H. The number of hydrogen-bond donors (Lipinski definition) is 2. The number of carbonyl (C=O) groups is 2. The van der Waals surface area contributed by atoms with E-state index in [4.69, 9.17) is 5.73 Å². The molecule has 0 aromatic carbocycles. The van der Waals surface area contributed by atoms with Crippen molar-refractivity contribution < 1.29 is 14.7 Å². The predicted molar refractivity (Wildman–Crippen MR) is 109 cm³/mol. The molecule has 2 unspecified atom stereocenters. The fourth-order valence-electron chi connectivity index (χ4n) is 4.55. The van der Waals surface area contributed by atoms with Crippen molar-refractivity contribution >= 4 is 42.3 Å². The van der Waals surface area contributed by atoms with Crippen LogP contribution in [0.5, 0.6) is 0 Å². The number of hydrogen-bond acceptors (Lipinski definition) is 6. The van der Waals surface area contributed by atoms with E-state index in [-0.39, 0.29) is 30.6 Å². The Balaban J connectivity index is 0.00000182. The molecular formula is C18H28Cl2N4O3. The van der Waals surface area contributed by atoms with Crippen LogP contribution in [0, 0.1) is 0 Å². The molecule has 2 atom stereocenters. The second-order valence-electron chi connectivity index (χ2n) is 7.08. The van der Waals surface area contributed by atoms with Gasteiger partial charge in [-0.15, -0.1) is 24.8 Å². The van der Waals surface area contributed by atoms with E-state index in [0.29, 0.717) is 25.9 Å². The molecule has 0 spiro atoms. The van der Waals surface area contributed by atoms with Crippen LogP contribution in [0.1, 0.15) is 32.6 Å². The normalized spacial score (nSPS) is 28.6. The first-order valence-corrected chi connectivity index (χ1v) is 8.85. The van der Waals surface area contributed by atoms with Crippen molar-refractivity contribution in [1.29, 1.82) is 0 Å². The van der Waals surface area contributed by atoms with Crippen LogP contribution in [-0.2, 0) is 9.59 Å². The summed E-state index contributed by atoms with van der Waals surface area (Å²) in [7, 11) is 0. The van der Waals surface area contributed by atoms with E-state index in [9.17, 15) is 14.7 Å². The monoisotopic (exact) mass is 418 g/mol. The smallest absolute Gasteiger partial charge is 0.326 e. The Kier molecular flexibility index (Phi) is 8.04. The molecule has 2 fully saturated rings. The van der Waals surface area contributed by atoms with Crippen molar-refractivity contribution in [3.8, 4) is 0 Å². The zero-order valence-corrected chi connectivity index (χ0v) is 17.1. The lowest BCUT2D eigenvalue weighted by atomic mass is 9.64. The molecule has 7 nitrogen and oxygen atoms in total. The van der Waals surface area contributed by atoms with Crippen LogP contribution >= 0.6 is 24.8 Å². The van der Waals surface area contributed by atoms with E-state index in [1.165, 1.54) is 6.92 Å². The van der Waals surface area contributed by atoms with Gasteiger partial charge in [-0.3, -0.25) is 19.5 Å². The average Bonchev–Trinajstić information content (AvgIpc) is 2.63. The second kappa shape index (κ2) is 9.19. The van der Waals surface area contributed by atoms with E-state index in [2.05, 4.69) is 9.88 Å². The van der Waals surface area contributed by atoms with Crippen LogP contribution in [0.25, 0.3) is 0 Å². The minimum absolute atomic E-state index is 0. The molecular weight excluding hydrogens is 391 g/mol. The first kappa shape index (κ1) is 23.6. The summed E-state index contributed by atoms with van der Waals surface area (Å²) in [6.07, 6.45) is 5.95. The van der Waals surface area contributed by atoms with Crippen molar-refractivity contribution in [3.05, 3.63) is 24.5 Å². The van der Waals surface area contributed by atoms with Crippen molar-refractivity contribution in [3.63, 3.8) is 0 Å². The van der Waals surface area contributed by atoms with E-state index >= 15 is 0 Å². The lowest BCUT2D eigenvalue weighted by molar-refractivity contribution is -0.161. The molecule has 1 aliphatic carbocycles. The van der Waals surface area contributed by atoms with Gasteiger partial charge in [0.1, 0.15) is 11.1 Å². The van der Waals surface area contributed by atoms with Gasteiger partial charge in [0, 0.05) is 44.3 Å². The number of nitrogens with two attached hydrogens (primary N) is 1. The van der Waals surface area contributed by atoms with Gasteiger partial charge in [-0.1, -0.05) is 12.8 Å². The molecule has 1 aliphatic heterocycles. The van der Waals surface area contributed by atoms with Crippen molar-refractivity contribution in [2.45, 2.75) is 43.7 Å². The zero-order chi connectivity index (χ0) is 18.1. The quantitative estimate of drug-likeness (QED) is 0.767. The molecule has 1 aromatic rings. The summed E-state index contributed by atoms with van der Waals surface area (Å²) in [5.41, 5.74) is 4.84. The van der Waals surface area contributed by atoms with Crippen LogP contribution in [0.3, 0.4) is 0 Å². The molecule has 152 valence electrons. The number of rotatable bonds is 4. The molecule has 0 radical (unpaired) electrons. The highest BCUT2D eigenvalue weighted by Gasteiger charge is 2.61. The van der Waals surface area contributed by atoms with Gasteiger partial charge in [0.05, 0.1) is 0 Å². The van der Waals surface area contributed by atoms with Gasteiger partial charge in [-0.2, -0.15) is 0 Å². The number of ketones is 1. The number of piperazine rings is 1. The number of carboxylic acids is 1. The SMILES string of the molecule is CC(=O)C1(N2CCN(c3ccncc3)CC2)CCCCC1(N)C(=O)O.Cl.Cl.